The zero-order chi connectivity index (χ0) is 9.68. The second-order valence-electron chi connectivity index (χ2n) is 3.91. The Morgan fingerprint density at radius 2 is 2.15 bits per heavy atom. The first-order valence-corrected chi connectivity index (χ1v) is 5.16. The lowest BCUT2D eigenvalue weighted by Crippen LogP contribution is -2.31. The molecule has 1 rings (SSSR count). The van der Waals surface area contributed by atoms with Gasteiger partial charge < -0.3 is 10.4 Å². The van der Waals surface area contributed by atoms with E-state index in [1.54, 1.807) is 6.92 Å². The fraction of sp³-hybridized carbons (Fsp3) is 0.900. The number of hydrogen-bond acceptors (Lipinski definition) is 2. The number of rotatable bonds is 4. The fourth-order valence-corrected chi connectivity index (χ4v) is 1.74. The van der Waals surface area contributed by atoms with E-state index in [4.69, 9.17) is 5.11 Å². The van der Waals surface area contributed by atoms with Crippen LogP contribution >= 0.6 is 0 Å². The third-order valence-corrected chi connectivity index (χ3v) is 2.59. The van der Waals surface area contributed by atoms with Crippen molar-refractivity contribution in [1.29, 1.82) is 0 Å². The van der Waals surface area contributed by atoms with Crippen LogP contribution in [0.2, 0.25) is 0 Å². The summed E-state index contributed by atoms with van der Waals surface area (Å²) in [6.45, 7) is 2.34. The minimum absolute atomic E-state index is 0.179. The lowest BCUT2D eigenvalue weighted by molar-refractivity contribution is -0.124. The van der Waals surface area contributed by atoms with E-state index >= 15 is 0 Å². The van der Waals surface area contributed by atoms with E-state index in [-0.39, 0.29) is 17.9 Å². The van der Waals surface area contributed by atoms with Crippen LogP contribution in [0.5, 0.6) is 0 Å². The summed E-state index contributed by atoms with van der Waals surface area (Å²) < 4.78 is 0. The Bertz CT molecular complexity index is 162. The molecule has 0 aliphatic heterocycles. The van der Waals surface area contributed by atoms with Crippen LogP contribution in [0, 0.1) is 5.92 Å². The predicted molar refractivity (Wildman–Crippen MR) is 51.3 cm³/mol. The molecule has 13 heavy (non-hydrogen) atoms. The quantitative estimate of drug-likeness (QED) is 0.688. The Hall–Kier alpha value is -0.570. The summed E-state index contributed by atoms with van der Waals surface area (Å²) in [5.41, 5.74) is 0. The van der Waals surface area contributed by atoms with Gasteiger partial charge in [0.1, 0.15) is 0 Å². The highest BCUT2D eigenvalue weighted by atomic mass is 16.3. The van der Waals surface area contributed by atoms with Crippen LogP contribution in [0.3, 0.4) is 0 Å². The third kappa shape index (κ3) is 3.77. The molecule has 1 amide bonds. The number of aliphatic hydroxyl groups is 1. The van der Waals surface area contributed by atoms with Crippen LogP contribution < -0.4 is 5.32 Å². The Labute approximate surface area is 79.5 Å². The number of hydrogen-bond donors (Lipinski definition) is 2. The van der Waals surface area contributed by atoms with Gasteiger partial charge in [-0.2, -0.15) is 0 Å². The van der Waals surface area contributed by atoms with E-state index in [0.717, 1.165) is 12.8 Å². The topological polar surface area (TPSA) is 49.3 Å². The number of aliphatic hydroxyl groups excluding tert-OH is 1. The van der Waals surface area contributed by atoms with Gasteiger partial charge in [0.25, 0.3) is 0 Å². The minimum Gasteiger partial charge on any atom is -0.393 e. The van der Waals surface area contributed by atoms with Gasteiger partial charge in [0.05, 0.1) is 6.10 Å². The van der Waals surface area contributed by atoms with Crippen LogP contribution in [0.25, 0.3) is 0 Å². The van der Waals surface area contributed by atoms with E-state index in [2.05, 4.69) is 5.32 Å². The van der Waals surface area contributed by atoms with Gasteiger partial charge in [0, 0.05) is 12.5 Å². The summed E-state index contributed by atoms with van der Waals surface area (Å²) >= 11 is 0. The molecule has 0 aromatic rings. The van der Waals surface area contributed by atoms with Gasteiger partial charge in [0.2, 0.25) is 5.91 Å². The van der Waals surface area contributed by atoms with Crippen molar-refractivity contribution in [2.24, 2.45) is 5.92 Å². The number of nitrogens with one attached hydrogen (secondary N) is 1. The van der Waals surface area contributed by atoms with E-state index in [1.807, 2.05) is 0 Å². The molecule has 0 spiro atoms. The van der Waals surface area contributed by atoms with Crippen molar-refractivity contribution in [1.82, 2.24) is 5.32 Å². The molecule has 1 fully saturated rings. The smallest absolute Gasteiger partial charge is 0.223 e. The molecule has 0 saturated heterocycles. The first kappa shape index (κ1) is 10.5. The van der Waals surface area contributed by atoms with Crippen molar-refractivity contribution in [3.63, 3.8) is 0 Å². The lowest BCUT2D eigenvalue weighted by Gasteiger charge is -2.10. The highest BCUT2D eigenvalue weighted by Gasteiger charge is 2.21. The van der Waals surface area contributed by atoms with E-state index in [0.29, 0.717) is 13.0 Å². The lowest BCUT2D eigenvalue weighted by atomic mass is 10.1. The first-order valence-electron chi connectivity index (χ1n) is 5.16. The summed E-state index contributed by atoms with van der Waals surface area (Å²) in [5, 5.41) is 11.8. The molecule has 0 aromatic carbocycles. The van der Waals surface area contributed by atoms with Gasteiger partial charge in [-0.3, -0.25) is 4.79 Å². The molecule has 0 bridgehead atoms. The van der Waals surface area contributed by atoms with E-state index < -0.39 is 0 Å². The first-order chi connectivity index (χ1) is 6.20. The number of amides is 1. The second-order valence-corrected chi connectivity index (χ2v) is 3.91. The van der Waals surface area contributed by atoms with Crippen LogP contribution in [0.15, 0.2) is 0 Å². The Morgan fingerprint density at radius 3 is 2.69 bits per heavy atom. The molecule has 3 heteroatoms. The molecule has 0 radical (unpaired) electrons. The second kappa shape index (κ2) is 5.22. The minimum atomic E-state index is -0.316. The van der Waals surface area contributed by atoms with Crippen molar-refractivity contribution in [3.8, 4) is 0 Å². The molecule has 0 aromatic heterocycles. The average molecular weight is 185 g/mol. The van der Waals surface area contributed by atoms with Crippen molar-refractivity contribution in [2.75, 3.05) is 6.54 Å². The zero-order valence-electron chi connectivity index (χ0n) is 8.25. The van der Waals surface area contributed by atoms with Crippen molar-refractivity contribution < 1.29 is 9.90 Å². The SMILES string of the molecule is CC(O)CCNC(=O)C1CCCC1. The number of carbonyl (C=O) groups is 1. The highest BCUT2D eigenvalue weighted by molar-refractivity contribution is 5.78. The predicted octanol–water partition coefficient (Wildman–Crippen LogP) is 1.06. The zero-order valence-corrected chi connectivity index (χ0v) is 8.25. The molecule has 1 unspecified atom stereocenters. The van der Waals surface area contributed by atoms with Crippen LogP contribution in [0.1, 0.15) is 39.0 Å². The largest absolute Gasteiger partial charge is 0.393 e. The molecule has 1 atom stereocenters. The maximum absolute atomic E-state index is 11.4. The van der Waals surface area contributed by atoms with Gasteiger partial charge in [-0.05, 0) is 26.2 Å². The van der Waals surface area contributed by atoms with E-state index in [9.17, 15) is 4.79 Å². The summed E-state index contributed by atoms with van der Waals surface area (Å²) in [6, 6.07) is 0. The molecular formula is C10H19NO2. The molecular weight excluding hydrogens is 166 g/mol. The highest BCUT2D eigenvalue weighted by Crippen LogP contribution is 2.24. The van der Waals surface area contributed by atoms with Gasteiger partial charge in [-0.15, -0.1) is 0 Å². The standard InChI is InChI=1S/C10H19NO2/c1-8(12)6-7-11-10(13)9-4-2-3-5-9/h8-9,12H,2-7H2,1H3,(H,11,13). The average Bonchev–Trinajstić information content (AvgIpc) is 2.55. The van der Waals surface area contributed by atoms with Gasteiger partial charge in [-0.1, -0.05) is 12.8 Å². The van der Waals surface area contributed by atoms with Gasteiger partial charge in [-0.25, -0.2) is 0 Å². The van der Waals surface area contributed by atoms with Gasteiger partial charge in [0.15, 0.2) is 0 Å². The summed E-state index contributed by atoms with van der Waals surface area (Å²) in [5.74, 6) is 0.423. The van der Waals surface area contributed by atoms with Crippen molar-refractivity contribution in [3.05, 3.63) is 0 Å². The van der Waals surface area contributed by atoms with E-state index in [1.165, 1.54) is 12.8 Å². The molecule has 3 nitrogen and oxygen atoms in total. The maximum Gasteiger partial charge on any atom is 0.223 e. The van der Waals surface area contributed by atoms with Crippen LogP contribution in [-0.2, 0) is 4.79 Å². The molecule has 76 valence electrons. The van der Waals surface area contributed by atoms with Crippen molar-refractivity contribution in [2.45, 2.75) is 45.1 Å². The Kier molecular flexibility index (Phi) is 4.22. The van der Waals surface area contributed by atoms with Crippen molar-refractivity contribution >= 4 is 5.91 Å². The molecule has 1 aliphatic carbocycles. The maximum atomic E-state index is 11.4. The number of carbonyl (C=O) groups excluding carboxylic acids is 1. The molecule has 1 aliphatic rings. The molecule has 0 heterocycles. The summed E-state index contributed by atoms with van der Waals surface area (Å²) in [7, 11) is 0. The third-order valence-electron chi connectivity index (χ3n) is 2.59. The Balaban J connectivity index is 2.10. The Morgan fingerprint density at radius 1 is 1.54 bits per heavy atom. The van der Waals surface area contributed by atoms with Crippen LogP contribution in [-0.4, -0.2) is 23.7 Å². The fourth-order valence-electron chi connectivity index (χ4n) is 1.74. The monoisotopic (exact) mass is 185 g/mol. The van der Waals surface area contributed by atoms with Gasteiger partial charge >= 0.3 is 0 Å². The molecule has 2 N–H and O–H groups in total. The van der Waals surface area contributed by atoms with Crippen LogP contribution in [0.4, 0.5) is 0 Å². The normalized spacial score (nSPS) is 20.2. The summed E-state index contributed by atoms with van der Waals surface area (Å²) in [6.07, 6.45) is 4.80. The molecule has 1 saturated carbocycles. The summed E-state index contributed by atoms with van der Waals surface area (Å²) in [4.78, 5) is 11.4.